The standard InChI is InChI=1S/C12H8BrN3O2/c13-11-4-3-10(18-11)12(17)16-7-1-2-8-9(5-7)15-6-14-8/h1-6H,(H,14,15)(H,16,17). The second kappa shape index (κ2) is 4.30. The van der Waals surface area contributed by atoms with Crippen LogP contribution in [-0.2, 0) is 0 Å². The number of aromatic amines is 1. The Bertz CT molecular complexity index is 717. The van der Waals surface area contributed by atoms with Gasteiger partial charge in [-0.2, -0.15) is 0 Å². The predicted octanol–water partition coefficient (Wildman–Crippen LogP) is 3.17. The lowest BCUT2D eigenvalue weighted by molar-refractivity contribution is 0.0995. The number of nitrogens with zero attached hydrogens (tertiary/aromatic N) is 1. The number of fused-ring (bicyclic) bond motifs is 1. The van der Waals surface area contributed by atoms with Crippen molar-refractivity contribution < 1.29 is 9.21 Å². The van der Waals surface area contributed by atoms with Gasteiger partial charge in [0.05, 0.1) is 17.4 Å². The summed E-state index contributed by atoms with van der Waals surface area (Å²) in [6.45, 7) is 0. The minimum atomic E-state index is -0.292. The maximum atomic E-state index is 11.9. The number of anilines is 1. The highest BCUT2D eigenvalue weighted by Gasteiger charge is 2.10. The molecule has 0 radical (unpaired) electrons. The SMILES string of the molecule is O=C(Nc1ccc2nc[nH]c2c1)c1ccc(Br)o1. The first kappa shape index (κ1) is 11.0. The molecule has 90 valence electrons. The van der Waals surface area contributed by atoms with Crippen LogP contribution in [0, 0.1) is 0 Å². The van der Waals surface area contributed by atoms with E-state index in [1.165, 1.54) is 0 Å². The van der Waals surface area contributed by atoms with Crippen LogP contribution in [0.25, 0.3) is 11.0 Å². The lowest BCUT2D eigenvalue weighted by Crippen LogP contribution is -2.10. The number of H-pyrrole nitrogens is 1. The maximum Gasteiger partial charge on any atom is 0.291 e. The molecular formula is C12H8BrN3O2. The summed E-state index contributed by atoms with van der Waals surface area (Å²) in [5.41, 5.74) is 2.41. The van der Waals surface area contributed by atoms with Crippen LogP contribution in [-0.4, -0.2) is 15.9 Å². The molecule has 2 heterocycles. The van der Waals surface area contributed by atoms with Crippen LogP contribution in [0.2, 0.25) is 0 Å². The van der Waals surface area contributed by atoms with Gasteiger partial charge < -0.3 is 14.7 Å². The minimum absolute atomic E-state index is 0.256. The monoisotopic (exact) mass is 305 g/mol. The van der Waals surface area contributed by atoms with E-state index < -0.39 is 0 Å². The number of rotatable bonds is 2. The molecule has 3 aromatic rings. The van der Waals surface area contributed by atoms with Gasteiger partial charge in [-0.3, -0.25) is 4.79 Å². The van der Waals surface area contributed by atoms with Gasteiger partial charge in [0.2, 0.25) is 0 Å². The van der Waals surface area contributed by atoms with E-state index in [0.29, 0.717) is 10.4 Å². The summed E-state index contributed by atoms with van der Waals surface area (Å²) in [6, 6.07) is 8.72. The van der Waals surface area contributed by atoms with Crippen LogP contribution in [0.15, 0.2) is 45.7 Å². The highest BCUT2D eigenvalue weighted by Crippen LogP contribution is 2.18. The third-order valence-corrected chi connectivity index (χ3v) is 2.90. The van der Waals surface area contributed by atoms with Gasteiger partial charge in [-0.25, -0.2) is 4.98 Å². The number of aromatic nitrogens is 2. The van der Waals surface area contributed by atoms with Crippen LogP contribution in [0.1, 0.15) is 10.6 Å². The lowest BCUT2D eigenvalue weighted by atomic mass is 10.2. The van der Waals surface area contributed by atoms with E-state index in [4.69, 9.17) is 4.42 Å². The summed E-state index contributed by atoms with van der Waals surface area (Å²) in [4.78, 5) is 18.9. The highest BCUT2D eigenvalue weighted by atomic mass is 79.9. The molecule has 0 aliphatic rings. The van der Waals surface area contributed by atoms with E-state index in [9.17, 15) is 4.79 Å². The zero-order valence-corrected chi connectivity index (χ0v) is 10.7. The molecule has 1 amide bonds. The van der Waals surface area contributed by atoms with Crippen molar-refractivity contribution in [2.75, 3.05) is 5.32 Å². The third kappa shape index (κ3) is 2.02. The molecule has 0 unspecified atom stereocenters. The molecule has 0 atom stereocenters. The molecule has 0 saturated heterocycles. The van der Waals surface area contributed by atoms with Crippen molar-refractivity contribution in [2.45, 2.75) is 0 Å². The Morgan fingerprint density at radius 1 is 1.33 bits per heavy atom. The second-order valence-corrected chi connectivity index (χ2v) is 4.47. The Kier molecular flexibility index (Phi) is 2.64. The fourth-order valence-electron chi connectivity index (χ4n) is 1.64. The van der Waals surface area contributed by atoms with E-state index in [0.717, 1.165) is 11.0 Å². The number of carbonyl (C=O) groups excluding carboxylic acids is 1. The van der Waals surface area contributed by atoms with Crippen LogP contribution in [0.3, 0.4) is 0 Å². The molecular weight excluding hydrogens is 298 g/mol. The van der Waals surface area contributed by atoms with Crippen molar-refractivity contribution in [3.63, 3.8) is 0 Å². The van der Waals surface area contributed by atoms with Crippen molar-refractivity contribution in [1.29, 1.82) is 0 Å². The normalized spacial score (nSPS) is 10.7. The average Bonchev–Trinajstić information content (AvgIpc) is 2.96. The number of furan rings is 1. The summed E-state index contributed by atoms with van der Waals surface area (Å²) < 4.78 is 5.70. The lowest BCUT2D eigenvalue weighted by Gasteiger charge is -2.02. The molecule has 0 spiro atoms. The maximum absolute atomic E-state index is 11.9. The summed E-state index contributed by atoms with van der Waals surface area (Å²) in [7, 11) is 0. The van der Waals surface area contributed by atoms with Gasteiger partial charge in [0.25, 0.3) is 5.91 Å². The van der Waals surface area contributed by atoms with E-state index >= 15 is 0 Å². The molecule has 0 bridgehead atoms. The Morgan fingerprint density at radius 2 is 2.22 bits per heavy atom. The number of amides is 1. The highest BCUT2D eigenvalue weighted by molar-refractivity contribution is 9.10. The Morgan fingerprint density at radius 3 is 3.00 bits per heavy atom. The molecule has 2 aromatic heterocycles. The van der Waals surface area contributed by atoms with Gasteiger partial charge in [-0.05, 0) is 46.3 Å². The second-order valence-electron chi connectivity index (χ2n) is 3.69. The summed E-state index contributed by atoms with van der Waals surface area (Å²) in [6.07, 6.45) is 1.61. The van der Waals surface area contributed by atoms with Crippen LogP contribution < -0.4 is 5.32 Å². The largest absolute Gasteiger partial charge is 0.444 e. The number of imidazole rings is 1. The molecule has 6 heteroatoms. The molecule has 3 rings (SSSR count). The zero-order chi connectivity index (χ0) is 12.5. The Labute approximate surface area is 110 Å². The van der Waals surface area contributed by atoms with E-state index in [-0.39, 0.29) is 11.7 Å². The molecule has 0 aliphatic carbocycles. The molecule has 18 heavy (non-hydrogen) atoms. The van der Waals surface area contributed by atoms with Gasteiger partial charge in [0, 0.05) is 5.69 Å². The van der Waals surface area contributed by atoms with Crippen molar-refractivity contribution >= 4 is 38.6 Å². The van der Waals surface area contributed by atoms with Gasteiger partial charge in [0.1, 0.15) is 0 Å². The minimum Gasteiger partial charge on any atom is -0.444 e. The molecule has 5 nitrogen and oxygen atoms in total. The van der Waals surface area contributed by atoms with Crippen molar-refractivity contribution in [3.8, 4) is 0 Å². The molecule has 0 aliphatic heterocycles. The van der Waals surface area contributed by atoms with Crippen LogP contribution in [0.5, 0.6) is 0 Å². The molecule has 1 aromatic carbocycles. The fourth-order valence-corrected chi connectivity index (χ4v) is 1.95. The Hall–Kier alpha value is -2.08. The predicted molar refractivity (Wildman–Crippen MR) is 70.5 cm³/mol. The number of benzene rings is 1. The van der Waals surface area contributed by atoms with Crippen LogP contribution in [0.4, 0.5) is 5.69 Å². The molecule has 0 saturated carbocycles. The average molecular weight is 306 g/mol. The van der Waals surface area contributed by atoms with E-state index in [1.807, 2.05) is 12.1 Å². The first-order valence-electron chi connectivity index (χ1n) is 5.22. The number of halogens is 1. The van der Waals surface area contributed by atoms with Gasteiger partial charge in [0.15, 0.2) is 10.4 Å². The smallest absolute Gasteiger partial charge is 0.291 e. The quantitative estimate of drug-likeness (QED) is 0.764. The number of hydrogen-bond acceptors (Lipinski definition) is 3. The molecule has 0 fully saturated rings. The van der Waals surface area contributed by atoms with Crippen molar-refractivity contribution in [1.82, 2.24) is 9.97 Å². The number of hydrogen-bond donors (Lipinski definition) is 2. The van der Waals surface area contributed by atoms with Gasteiger partial charge in [-0.15, -0.1) is 0 Å². The van der Waals surface area contributed by atoms with Crippen LogP contribution >= 0.6 is 15.9 Å². The van der Waals surface area contributed by atoms with Gasteiger partial charge >= 0.3 is 0 Å². The topological polar surface area (TPSA) is 70.9 Å². The van der Waals surface area contributed by atoms with Crippen molar-refractivity contribution in [3.05, 3.63) is 47.1 Å². The number of carbonyl (C=O) groups is 1. The summed E-state index contributed by atoms with van der Waals surface area (Å²) in [5.74, 6) is -0.0360. The van der Waals surface area contributed by atoms with E-state index in [1.54, 1.807) is 24.5 Å². The third-order valence-electron chi connectivity index (χ3n) is 2.48. The fraction of sp³-hybridized carbons (Fsp3) is 0. The number of nitrogens with one attached hydrogen (secondary N) is 2. The first-order valence-corrected chi connectivity index (χ1v) is 6.01. The summed E-state index contributed by atoms with van der Waals surface area (Å²) >= 11 is 3.15. The van der Waals surface area contributed by atoms with Gasteiger partial charge in [-0.1, -0.05) is 0 Å². The Balaban J connectivity index is 1.85. The zero-order valence-electron chi connectivity index (χ0n) is 9.11. The van der Waals surface area contributed by atoms with Crippen molar-refractivity contribution in [2.24, 2.45) is 0 Å². The molecule has 2 N–H and O–H groups in total. The first-order chi connectivity index (χ1) is 8.72. The van der Waals surface area contributed by atoms with E-state index in [2.05, 4.69) is 31.2 Å². The summed E-state index contributed by atoms with van der Waals surface area (Å²) in [5, 5.41) is 2.75.